The van der Waals surface area contributed by atoms with E-state index in [2.05, 4.69) is 10.8 Å². The number of likely N-dealkylation sites (N-methyl/N-ethyl adjacent to an activating group) is 1. The van der Waals surface area contributed by atoms with Gasteiger partial charge in [-0.1, -0.05) is 25.3 Å². The molecule has 30 heavy (non-hydrogen) atoms. The number of rotatable bonds is 8. The number of carbonyl (C=O) groups excluding carboxylic acids is 2. The zero-order valence-corrected chi connectivity index (χ0v) is 16.9. The molecule has 1 saturated carbocycles. The zero-order chi connectivity index (χ0) is 22.1. The number of nitriles is 1. The van der Waals surface area contributed by atoms with Crippen LogP contribution in [0.1, 0.15) is 37.7 Å². The number of halogens is 2. The average Bonchev–Trinajstić information content (AvgIpc) is 2.76. The van der Waals surface area contributed by atoms with Crippen LogP contribution in [-0.2, 0) is 14.3 Å². The lowest BCUT2D eigenvalue weighted by Crippen LogP contribution is -2.51. The topological polar surface area (TPSA) is 88.9 Å². The predicted molar refractivity (Wildman–Crippen MR) is 104 cm³/mol. The second kappa shape index (κ2) is 10.6. The maximum atomic E-state index is 12.4. The minimum absolute atomic E-state index is 0.0805. The van der Waals surface area contributed by atoms with E-state index < -0.39 is 30.6 Å². The number of esters is 1. The summed E-state index contributed by atoms with van der Waals surface area (Å²) < 4.78 is 39.0. The standard InChI is InChI=1S/C21H24F2N2O5/c1-25(21(14-24)10-4-3-5-11-21)18(26)13-29-19(27)9-7-15-6-8-16(30-20(22)23)17(12-15)28-2/h6-9,12,20H,3-5,10-11,13H2,1-2H3/b9-7+. The van der Waals surface area contributed by atoms with Gasteiger partial charge in [-0.15, -0.1) is 0 Å². The number of hydrogen-bond acceptors (Lipinski definition) is 6. The van der Waals surface area contributed by atoms with Gasteiger partial charge in [0.15, 0.2) is 18.1 Å². The average molecular weight is 422 g/mol. The summed E-state index contributed by atoms with van der Waals surface area (Å²) in [5.41, 5.74) is -0.365. The second-order valence-corrected chi connectivity index (χ2v) is 6.89. The smallest absolute Gasteiger partial charge is 0.387 e. The van der Waals surface area contributed by atoms with E-state index in [1.807, 2.05) is 0 Å². The molecular weight excluding hydrogens is 398 g/mol. The minimum atomic E-state index is -2.99. The third-order valence-corrected chi connectivity index (χ3v) is 5.06. The van der Waals surface area contributed by atoms with E-state index in [0.29, 0.717) is 18.4 Å². The maximum absolute atomic E-state index is 12.4. The Bertz CT molecular complexity index is 829. The molecule has 162 valence electrons. The SMILES string of the molecule is COc1cc(/C=C/C(=O)OCC(=O)N(C)C2(C#N)CCCCC2)ccc1OC(F)F. The summed E-state index contributed by atoms with van der Waals surface area (Å²) in [7, 11) is 2.85. The third kappa shape index (κ3) is 5.92. The monoisotopic (exact) mass is 422 g/mol. The van der Waals surface area contributed by atoms with Gasteiger partial charge in [-0.3, -0.25) is 4.79 Å². The van der Waals surface area contributed by atoms with E-state index in [1.54, 1.807) is 7.05 Å². The Balaban J connectivity index is 1.93. The van der Waals surface area contributed by atoms with E-state index in [0.717, 1.165) is 25.3 Å². The molecule has 0 atom stereocenters. The van der Waals surface area contributed by atoms with Crippen LogP contribution < -0.4 is 9.47 Å². The molecule has 1 fully saturated rings. The molecule has 1 amide bonds. The molecule has 0 aliphatic heterocycles. The molecule has 1 aliphatic rings. The number of benzene rings is 1. The molecule has 7 nitrogen and oxygen atoms in total. The molecule has 0 spiro atoms. The molecule has 0 unspecified atom stereocenters. The van der Waals surface area contributed by atoms with Crippen LogP contribution >= 0.6 is 0 Å². The fourth-order valence-electron chi connectivity index (χ4n) is 3.32. The fourth-order valence-corrected chi connectivity index (χ4v) is 3.32. The first-order valence-corrected chi connectivity index (χ1v) is 9.47. The number of amides is 1. The summed E-state index contributed by atoms with van der Waals surface area (Å²) in [4.78, 5) is 25.7. The van der Waals surface area contributed by atoms with Crippen LogP contribution in [0.15, 0.2) is 24.3 Å². The number of hydrogen-bond donors (Lipinski definition) is 0. The van der Waals surface area contributed by atoms with Crippen LogP contribution in [0, 0.1) is 11.3 Å². The van der Waals surface area contributed by atoms with E-state index >= 15 is 0 Å². The summed E-state index contributed by atoms with van der Waals surface area (Å²) >= 11 is 0. The van der Waals surface area contributed by atoms with Crippen molar-refractivity contribution < 1.29 is 32.6 Å². The summed E-state index contributed by atoms with van der Waals surface area (Å²) in [6, 6.07) is 6.41. The highest BCUT2D eigenvalue weighted by Crippen LogP contribution is 2.32. The Labute approximate surface area is 173 Å². The van der Waals surface area contributed by atoms with Crippen LogP contribution in [0.3, 0.4) is 0 Å². The van der Waals surface area contributed by atoms with Crippen LogP contribution in [-0.4, -0.2) is 49.7 Å². The number of nitrogens with zero attached hydrogens (tertiary/aromatic N) is 2. The molecule has 0 saturated heterocycles. The Morgan fingerprint density at radius 3 is 2.57 bits per heavy atom. The molecule has 9 heteroatoms. The molecule has 0 aromatic heterocycles. The van der Waals surface area contributed by atoms with Gasteiger partial charge in [0, 0.05) is 13.1 Å². The van der Waals surface area contributed by atoms with Gasteiger partial charge in [0.1, 0.15) is 5.54 Å². The van der Waals surface area contributed by atoms with Crippen LogP contribution in [0.4, 0.5) is 8.78 Å². The van der Waals surface area contributed by atoms with E-state index in [1.165, 1.54) is 36.3 Å². The van der Waals surface area contributed by atoms with Gasteiger partial charge in [-0.05, 0) is 36.6 Å². The third-order valence-electron chi connectivity index (χ3n) is 5.06. The molecule has 1 aromatic rings. The molecule has 0 N–H and O–H groups in total. The Morgan fingerprint density at radius 1 is 1.27 bits per heavy atom. The number of ether oxygens (including phenoxy) is 3. The molecule has 2 rings (SSSR count). The van der Waals surface area contributed by atoms with Gasteiger partial charge in [0.25, 0.3) is 5.91 Å². The minimum Gasteiger partial charge on any atom is -0.493 e. The van der Waals surface area contributed by atoms with Gasteiger partial charge in [0.2, 0.25) is 0 Å². The maximum Gasteiger partial charge on any atom is 0.387 e. The van der Waals surface area contributed by atoms with Crippen LogP contribution in [0.25, 0.3) is 6.08 Å². The summed E-state index contributed by atoms with van der Waals surface area (Å²) in [5, 5.41) is 9.54. The van der Waals surface area contributed by atoms with Gasteiger partial charge in [0.05, 0.1) is 13.2 Å². The van der Waals surface area contributed by atoms with Crippen LogP contribution in [0.5, 0.6) is 11.5 Å². The van der Waals surface area contributed by atoms with Gasteiger partial charge in [-0.2, -0.15) is 14.0 Å². The Morgan fingerprint density at radius 2 is 1.97 bits per heavy atom. The highest BCUT2D eigenvalue weighted by atomic mass is 19.3. The lowest BCUT2D eigenvalue weighted by atomic mass is 9.81. The summed E-state index contributed by atoms with van der Waals surface area (Å²) in [6.07, 6.45) is 6.49. The van der Waals surface area contributed by atoms with Gasteiger partial charge in [-0.25, -0.2) is 4.79 Å². The number of methoxy groups -OCH3 is 1. The highest BCUT2D eigenvalue weighted by Gasteiger charge is 2.38. The molecule has 1 aliphatic carbocycles. The van der Waals surface area contributed by atoms with Crippen molar-refractivity contribution in [2.75, 3.05) is 20.8 Å². The zero-order valence-electron chi connectivity index (χ0n) is 16.9. The predicted octanol–water partition coefficient (Wildman–Crippen LogP) is 3.54. The van der Waals surface area contributed by atoms with Gasteiger partial charge < -0.3 is 19.1 Å². The number of alkyl halides is 2. The normalized spacial score (nSPS) is 15.5. The lowest BCUT2D eigenvalue weighted by Gasteiger charge is -2.38. The van der Waals surface area contributed by atoms with Crippen molar-refractivity contribution in [3.63, 3.8) is 0 Å². The first-order chi connectivity index (χ1) is 14.3. The summed E-state index contributed by atoms with van der Waals surface area (Å²) in [6.45, 7) is -3.46. The Kier molecular flexibility index (Phi) is 8.16. The van der Waals surface area contributed by atoms with E-state index in [9.17, 15) is 23.6 Å². The van der Waals surface area contributed by atoms with Crippen molar-refractivity contribution >= 4 is 18.0 Å². The van der Waals surface area contributed by atoms with Crippen molar-refractivity contribution in [2.24, 2.45) is 0 Å². The molecule has 0 radical (unpaired) electrons. The molecule has 0 bridgehead atoms. The lowest BCUT2D eigenvalue weighted by molar-refractivity contribution is -0.150. The largest absolute Gasteiger partial charge is 0.493 e. The highest BCUT2D eigenvalue weighted by molar-refractivity contribution is 5.89. The second-order valence-electron chi connectivity index (χ2n) is 6.89. The Hall–Kier alpha value is -3.15. The van der Waals surface area contributed by atoms with Crippen molar-refractivity contribution in [3.05, 3.63) is 29.8 Å². The van der Waals surface area contributed by atoms with Crippen LogP contribution in [0.2, 0.25) is 0 Å². The fraction of sp³-hybridized carbons (Fsp3) is 0.476. The van der Waals surface area contributed by atoms with Crippen molar-refractivity contribution in [1.29, 1.82) is 5.26 Å². The molecule has 0 heterocycles. The quantitative estimate of drug-likeness (QED) is 0.470. The first-order valence-electron chi connectivity index (χ1n) is 9.47. The number of carbonyl (C=O) groups is 2. The van der Waals surface area contributed by atoms with Crippen molar-refractivity contribution in [1.82, 2.24) is 4.90 Å². The van der Waals surface area contributed by atoms with E-state index in [-0.39, 0.29) is 11.5 Å². The van der Waals surface area contributed by atoms with E-state index in [4.69, 9.17) is 9.47 Å². The van der Waals surface area contributed by atoms with Gasteiger partial charge >= 0.3 is 12.6 Å². The molecular formula is C21H24F2N2O5. The summed E-state index contributed by atoms with van der Waals surface area (Å²) in [5.74, 6) is -1.25. The first kappa shape index (κ1) is 23.1. The van der Waals surface area contributed by atoms with Crippen molar-refractivity contribution in [3.8, 4) is 17.6 Å². The van der Waals surface area contributed by atoms with Crippen molar-refractivity contribution in [2.45, 2.75) is 44.3 Å². The molecule has 1 aromatic carbocycles.